The number of hydrogen-bond donors (Lipinski definition) is 2. The van der Waals surface area contributed by atoms with Gasteiger partial charge < -0.3 is 14.8 Å². The Hall–Kier alpha value is -2.09. The zero-order valence-electron chi connectivity index (χ0n) is 14.2. The third-order valence-electron chi connectivity index (χ3n) is 2.80. The van der Waals surface area contributed by atoms with Gasteiger partial charge in [-0.2, -0.15) is 5.10 Å². The highest BCUT2D eigenvalue weighted by atomic mass is 79.9. The van der Waals surface area contributed by atoms with Gasteiger partial charge in [-0.05, 0) is 46.5 Å². The van der Waals surface area contributed by atoms with Crippen LogP contribution in [0.1, 0.15) is 26.3 Å². The van der Waals surface area contributed by atoms with Crippen molar-refractivity contribution in [1.82, 2.24) is 10.7 Å². The van der Waals surface area contributed by atoms with E-state index in [9.17, 15) is 9.59 Å². The van der Waals surface area contributed by atoms with E-state index in [1.807, 2.05) is 20.8 Å². The summed E-state index contributed by atoms with van der Waals surface area (Å²) in [4.78, 5) is 23.1. The molecule has 0 spiro atoms. The lowest BCUT2D eigenvalue weighted by molar-refractivity contribution is -0.139. The van der Waals surface area contributed by atoms with Crippen LogP contribution in [0.4, 0.5) is 0 Å². The van der Waals surface area contributed by atoms with E-state index in [1.165, 1.54) is 13.3 Å². The molecule has 0 atom stereocenters. The Kier molecular flexibility index (Phi) is 8.25. The van der Waals surface area contributed by atoms with Crippen LogP contribution < -0.4 is 20.2 Å². The SMILES string of the molecule is CCOc1c(Br)cc(/C=N\NC(=O)C(=O)NCC(C)C)cc1OC. The van der Waals surface area contributed by atoms with E-state index >= 15 is 0 Å². The summed E-state index contributed by atoms with van der Waals surface area (Å²) < 4.78 is 11.5. The van der Waals surface area contributed by atoms with Gasteiger partial charge in [-0.25, -0.2) is 5.43 Å². The Morgan fingerprint density at radius 3 is 2.62 bits per heavy atom. The molecule has 0 aliphatic heterocycles. The highest BCUT2D eigenvalue weighted by Gasteiger charge is 2.13. The predicted molar refractivity (Wildman–Crippen MR) is 95.4 cm³/mol. The van der Waals surface area contributed by atoms with Crippen LogP contribution >= 0.6 is 15.9 Å². The Morgan fingerprint density at radius 1 is 1.33 bits per heavy atom. The second-order valence-corrected chi connectivity index (χ2v) is 6.12. The van der Waals surface area contributed by atoms with Crippen molar-refractivity contribution >= 4 is 34.0 Å². The summed E-state index contributed by atoms with van der Waals surface area (Å²) in [6.45, 7) is 6.69. The standard InChI is InChI=1S/C16H22BrN3O4/c1-5-24-14-12(17)6-11(7-13(14)23-4)9-19-20-16(22)15(21)18-8-10(2)3/h6-7,9-10H,5,8H2,1-4H3,(H,18,21)(H,20,22)/b19-9-. The van der Waals surface area contributed by atoms with Crippen LogP contribution in [-0.2, 0) is 9.59 Å². The van der Waals surface area contributed by atoms with Crippen LogP contribution in [0.3, 0.4) is 0 Å². The number of methoxy groups -OCH3 is 1. The third-order valence-corrected chi connectivity index (χ3v) is 3.39. The minimum absolute atomic E-state index is 0.263. The Bertz CT molecular complexity index is 618. The molecule has 2 amide bonds. The molecule has 0 radical (unpaired) electrons. The van der Waals surface area contributed by atoms with Gasteiger partial charge in [0, 0.05) is 6.54 Å². The molecule has 0 saturated heterocycles. The van der Waals surface area contributed by atoms with E-state index in [-0.39, 0.29) is 5.92 Å². The fraction of sp³-hybridized carbons (Fsp3) is 0.438. The molecule has 7 nitrogen and oxygen atoms in total. The van der Waals surface area contributed by atoms with Crippen LogP contribution in [0.5, 0.6) is 11.5 Å². The van der Waals surface area contributed by atoms with E-state index in [1.54, 1.807) is 12.1 Å². The minimum atomic E-state index is -0.816. The number of hydrogen-bond acceptors (Lipinski definition) is 5. The van der Waals surface area contributed by atoms with E-state index in [0.29, 0.717) is 34.7 Å². The summed E-state index contributed by atoms with van der Waals surface area (Å²) in [5.41, 5.74) is 2.85. The normalized spacial score (nSPS) is 10.8. The van der Waals surface area contributed by atoms with E-state index < -0.39 is 11.8 Å². The average molecular weight is 400 g/mol. The molecule has 0 saturated carbocycles. The smallest absolute Gasteiger partial charge is 0.329 e. The largest absolute Gasteiger partial charge is 0.493 e. The lowest BCUT2D eigenvalue weighted by Gasteiger charge is -2.11. The van der Waals surface area contributed by atoms with Gasteiger partial charge in [-0.15, -0.1) is 0 Å². The lowest BCUT2D eigenvalue weighted by Crippen LogP contribution is -2.39. The predicted octanol–water partition coefficient (Wildman–Crippen LogP) is 2.08. The van der Waals surface area contributed by atoms with Crippen molar-refractivity contribution in [2.45, 2.75) is 20.8 Å². The molecule has 24 heavy (non-hydrogen) atoms. The Morgan fingerprint density at radius 2 is 2.04 bits per heavy atom. The van der Waals surface area contributed by atoms with Gasteiger partial charge in [0.05, 0.1) is 24.4 Å². The molecular weight excluding hydrogens is 378 g/mol. The molecule has 1 aromatic rings. The quantitative estimate of drug-likeness (QED) is 0.417. The average Bonchev–Trinajstić information content (AvgIpc) is 2.54. The fourth-order valence-corrected chi connectivity index (χ4v) is 2.27. The summed E-state index contributed by atoms with van der Waals surface area (Å²) >= 11 is 3.40. The van der Waals surface area contributed by atoms with Crippen molar-refractivity contribution in [2.24, 2.45) is 11.0 Å². The maximum absolute atomic E-state index is 11.6. The Balaban J connectivity index is 2.72. The molecule has 0 aliphatic rings. The maximum atomic E-state index is 11.6. The molecule has 0 aromatic heterocycles. The van der Waals surface area contributed by atoms with Crippen LogP contribution in [-0.4, -0.2) is 38.3 Å². The number of amides is 2. The van der Waals surface area contributed by atoms with Crippen molar-refractivity contribution < 1.29 is 19.1 Å². The first-order chi connectivity index (χ1) is 11.4. The topological polar surface area (TPSA) is 89.0 Å². The molecule has 2 N–H and O–H groups in total. The number of nitrogens with zero attached hydrogens (tertiary/aromatic N) is 1. The zero-order valence-corrected chi connectivity index (χ0v) is 15.8. The first kappa shape index (κ1) is 20.0. The number of hydrazone groups is 1. The van der Waals surface area contributed by atoms with E-state index in [4.69, 9.17) is 9.47 Å². The molecule has 0 fully saturated rings. The van der Waals surface area contributed by atoms with Crippen molar-refractivity contribution in [2.75, 3.05) is 20.3 Å². The molecule has 8 heteroatoms. The van der Waals surface area contributed by atoms with Gasteiger partial charge in [0.2, 0.25) is 0 Å². The van der Waals surface area contributed by atoms with Crippen molar-refractivity contribution in [3.63, 3.8) is 0 Å². The van der Waals surface area contributed by atoms with Gasteiger partial charge in [0.25, 0.3) is 0 Å². The molecule has 1 rings (SSSR count). The summed E-state index contributed by atoms with van der Waals surface area (Å²) in [6.07, 6.45) is 1.41. The number of rotatable bonds is 7. The zero-order chi connectivity index (χ0) is 18.1. The van der Waals surface area contributed by atoms with E-state index in [0.717, 1.165) is 0 Å². The molecule has 0 unspecified atom stereocenters. The van der Waals surface area contributed by atoms with Gasteiger partial charge in [-0.1, -0.05) is 13.8 Å². The number of carbonyl (C=O) groups is 2. The number of ether oxygens (including phenoxy) is 2. The Labute approximate surface area is 149 Å². The first-order valence-corrected chi connectivity index (χ1v) is 8.29. The molecular formula is C16H22BrN3O4. The summed E-state index contributed by atoms with van der Waals surface area (Å²) in [6, 6.07) is 3.48. The molecule has 1 aromatic carbocycles. The van der Waals surface area contributed by atoms with Crippen LogP contribution in [0.2, 0.25) is 0 Å². The number of nitrogens with one attached hydrogen (secondary N) is 2. The maximum Gasteiger partial charge on any atom is 0.329 e. The molecule has 0 bridgehead atoms. The second-order valence-electron chi connectivity index (χ2n) is 5.27. The minimum Gasteiger partial charge on any atom is -0.493 e. The van der Waals surface area contributed by atoms with Gasteiger partial charge in [-0.3, -0.25) is 9.59 Å². The van der Waals surface area contributed by atoms with Crippen LogP contribution in [0.25, 0.3) is 0 Å². The lowest BCUT2D eigenvalue weighted by atomic mass is 10.2. The summed E-state index contributed by atoms with van der Waals surface area (Å²) in [7, 11) is 1.53. The molecule has 132 valence electrons. The molecule has 0 heterocycles. The van der Waals surface area contributed by atoms with Crippen LogP contribution in [0.15, 0.2) is 21.7 Å². The van der Waals surface area contributed by atoms with Crippen molar-refractivity contribution in [3.05, 3.63) is 22.2 Å². The third kappa shape index (κ3) is 6.19. The first-order valence-electron chi connectivity index (χ1n) is 7.50. The number of benzene rings is 1. The van der Waals surface area contributed by atoms with Crippen LogP contribution in [0, 0.1) is 5.92 Å². The summed E-state index contributed by atoms with van der Waals surface area (Å²) in [5.74, 6) is -0.142. The monoisotopic (exact) mass is 399 g/mol. The van der Waals surface area contributed by atoms with Crippen molar-refractivity contribution in [3.8, 4) is 11.5 Å². The second kappa shape index (κ2) is 9.92. The highest BCUT2D eigenvalue weighted by Crippen LogP contribution is 2.36. The van der Waals surface area contributed by atoms with Crippen molar-refractivity contribution in [1.29, 1.82) is 0 Å². The van der Waals surface area contributed by atoms with Gasteiger partial charge in [0.1, 0.15) is 0 Å². The van der Waals surface area contributed by atoms with Gasteiger partial charge in [0.15, 0.2) is 11.5 Å². The number of carbonyl (C=O) groups excluding carboxylic acids is 2. The summed E-state index contributed by atoms with van der Waals surface area (Å²) in [5, 5.41) is 6.29. The highest BCUT2D eigenvalue weighted by molar-refractivity contribution is 9.10. The van der Waals surface area contributed by atoms with Gasteiger partial charge >= 0.3 is 11.8 Å². The van der Waals surface area contributed by atoms with E-state index in [2.05, 4.69) is 31.8 Å². The number of halogens is 1. The molecule has 0 aliphatic carbocycles. The fourth-order valence-electron chi connectivity index (χ4n) is 1.69.